The summed E-state index contributed by atoms with van der Waals surface area (Å²) in [4.78, 5) is 33.7. The molecule has 0 bridgehead atoms. The average molecular weight is 440 g/mol. The van der Waals surface area contributed by atoms with Gasteiger partial charge in [0.15, 0.2) is 0 Å². The van der Waals surface area contributed by atoms with Crippen molar-refractivity contribution in [3.63, 3.8) is 0 Å². The molecule has 0 saturated heterocycles. The summed E-state index contributed by atoms with van der Waals surface area (Å²) in [5.74, 6) is -0.135. The number of carbonyl (C=O) groups is 2. The van der Waals surface area contributed by atoms with Gasteiger partial charge in [-0.05, 0) is 36.1 Å². The minimum atomic E-state index is -0.318. The smallest absolute Gasteiger partial charge is 0.261 e. The van der Waals surface area contributed by atoms with Gasteiger partial charge in [-0.15, -0.1) is 11.3 Å². The maximum absolute atomic E-state index is 13.4. The second-order valence-corrected chi connectivity index (χ2v) is 8.49. The van der Waals surface area contributed by atoms with Crippen LogP contribution < -0.4 is 16.4 Å². The molecule has 0 aliphatic carbocycles. The van der Waals surface area contributed by atoms with Gasteiger partial charge < -0.3 is 16.4 Å². The molecule has 1 aliphatic heterocycles. The summed E-state index contributed by atoms with van der Waals surface area (Å²) in [5.41, 5.74) is 8.98. The fraction of sp³-hybridized carbons (Fsp3) is 0.273. The lowest BCUT2D eigenvalue weighted by Gasteiger charge is -2.23. The zero-order valence-corrected chi connectivity index (χ0v) is 17.7. The van der Waals surface area contributed by atoms with Crippen LogP contribution in [0.25, 0.3) is 11.3 Å². The minimum Gasteiger partial charge on any atom is -0.347 e. The number of anilines is 1. The Bertz CT molecular complexity index is 1130. The summed E-state index contributed by atoms with van der Waals surface area (Å²) in [5, 5.41) is 7.58. The van der Waals surface area contributed by atoms with E-state index in [-0.39, 0.29) is 36.1 Å². The average Bonchev–Trinajstić information content (AvgIpc) is 3.23. The van der Waals surface area contributed by atoms with Crippen LogP contribution in [0.15, 0.2) is 42.0 Å². The molecule has 0 spiro atoms. The highest BCUT2D eigenvalue weighted by Gasteiger charge is 2.27. The predicted octanol–water partition coefficient (Wildman–Crippen LogP) is 3.09. The highest BCUT2D eigenvalue weighted by molar-refractivity contribution is 7.12. The summed E-state index contributed by atoms with van der Waals surface area (Å²) < 4.78 is 13.4. The van der Waals surface area contributed by atoms with Crippen molar-refractivity contribution in [2.24, 2.45) is 5.73 Å². The van der Waals surface area contributed by atoms with E-state index in [2.05, 4.69) is 20.6 Å². The molecule has 1 aromatic carbocycles. The van der Waals surface area contributed by atoms with E-state index in [4.69, 9.17) is 5.73 Å². The number of benzene rings is 1. The van der Waals surface area contributed by atoms with Crippen LogP contribution in [-0.2, 0) is 11.2 Å². The number of nitrogens with zero attached hydrogens (tertiary/aromatic N) is 2. The maximum Gasteiger partial charge on any atom is 0.261 e. The van der Waals surface area contributed by atoms with E-state index in [1.165, 1.54) is 29.8 Å². The van der Waals surface area contributed by atoms with Crippen LogP contribution in [0.5, 0.6) is 0 Å². The Labute approximate surface area is 182 Å². The number of rotatable bonds is 6. The number of aromatic nitrogens is 2. The molecule has 31 heavy (non-hydrogen) atoms. The molecule has 7 nitrogen and oxygen atoms in total. The molecule has 0 fully saturated rings. The van der Waals surface area contributed by atoms with Gasteiger partial charge in [0.1, 0.15) is 18.0 Å². The lowest BCUT2D eigenvalue weighted by molar-refractivity contribution is -0.116. The molecule has 0 radical (unpaired) electrons. The molecule has 0 unspecified atom stereocenters. The zero-order chi connectivity index (χ0) is 22.0. The summed E-state index contributed by atoms with van der Waals surface area (Å²) in [6.45, 7) is 2.19. The Balaban J connectivity index is 1.52. The first kappa shape index (κ1) is 21.1. The Hall–Kier alpha value is -3.17. The Morgan fingerprint density at radius 1 is 1.39 bits per heavy atom. The van der Waals surface area contributed by atoms with E-state index >= 15 is 0 Å². The van der Waals surface area contributed by atoms with E-state index in [0.29, 0.717) is 29.2 Å². The molecule has 4 N–H and O–H groups in total. The largest absolute Gasteiger partial charge is 0.347 e. The Morgan fingerprint density at radius 3 is 3.00 bits per heavy atom. The first-order chi connectivity index (χ1) is 14.9. The minimum absolute atomic E-state index is 0.0231. The highest BCUT2D eigenvalue weighted by atomic mass is 32.1. The Kier molecular flexibility index (Phi) is 6.06. The van der Waals surface area contributed by atoms with Gasteiger partial charge in [0.05, 0.1) is 10.6 Å². The van der Waals surface area contributed by atoms with Crippen LogP contribution in [0.3, 0.4) is 0 Å². The van der Waals surface area contributed by atoms with Crippen molar-refractivity contribution >= 4 is 29.0 Å². The number of nitrogens with two attached hydrogens (primary N) is 1. The molecule has 2 amide bonds. The molecule has 1 aliphatic rings. The quantitative estimate of drug-likeness (QED) is 0.547. The van der Waals surface area contributed by atoms with Crippen LogP contribution in [0, 0.1) is 5.82 Å². The van der Waals surface area contributed by atoms with E-state index in [0.717, 1.165) is 16.7 Å². The van der Waals surface area contributed by atoms with Crippen LogP contribution >= 0.6 is 11.3 Å². The summed E-state index contributed by atoms with van der Waals surface area (Å²) in [6, 6.07) is 7.72. The standard InChI is InChI=1S/C22H22FN5O2S/c1-12-5-18(29)28-21-19(12)20(25-11-26-21)14-8-17(31-10-14)22(30)27-16(9-24)7-13-3-2-4-15(23)6-13/h2-4,6,8,10-12,16H,5,7,9,24H2,1H3,(H,27,30)(H,25,26,28,29)/t12-,16+/m1/s1. The number of hydrogen-bond acceptors (Lipinski definition) is 6. The molecular weight excluding hydrogens is 417 g/mol. The normalized spacial score (nSPS) is 16.4. The van der Waals surface area contributed by atoms with Gasteiger partial charge in [-0.2, -0.15) is 0 Å². The molecular formula is C22H22FN5O2S. The second-order valence-electron chi connectivity index (χ2n) is 7.58. The van der Waals surface area contributed by atoms with E-state index in [9.17, 15) is 14.0 Å². The number of fused-ring (bicyclic) bond motifs is 1. The van der Waals surface area contributed by atoms with Crippen LogP contribution in [0.2, 0.25) is 0 Å². The lowest BCUT2D eigenvalue weighted by Crippen LogP contribution is -2.41. The van der Waals surface area contributed by atoms with Crippen molar-refractivity contribution in [1.82, 2.24) is 15.3 Å². The van der Waals surface area contributed by atoms with Gasteiger partial charge in [-0.25, -0.2) is 14.4 Å². The molecule has 4 rings (SSSR count). The number of nitrogens with one attached hydrogen (secondary N) is 2. The van der Waals surface area contributed by atoms with Gasteiger partial charge in [-0.3, -0.25) is 9.59 Å². The number of amides is 2. The molecule has 9 heteroatoms. The van der Waals surface area contributed by atoms with Crippen molar-refractivity contribution < 1.29 is 14.0 Å². The Morgan fingerprint density at radius 2 is 2.23 bits per heavy atom. The zero-order valence-electron chi connectivity index (χ0n) is 16.9. The van der Waals surface area contributed by atoms with Gasteiger partial charge in [0.25, 0.3) is 5.91 Å². The predicted molar refractivity (Wildman–Crippen MR) is 117 cm³/mol. The maximum atomic E-state index is 13.4. The fourth-order valence-corrected chi connectivity index (χ4v) is 4.53. The van der Waals surface area contributed by atoms with E-state index < -0.39 is 0 Å². The van der Waals surface area contributed by atoms with Crippen molar-refractivity contribution in [3.8, 4) is 11.3 Å². The lowest BCUT2D eigenvalue weighted by atomic mass is 9.91. The van der Waals surface area contributed by atoms with Gasteiger partial charge in [0.2, 0.25) is 5.91 Å². The molecule has 160 valence electrons. The van der Waals surface area contributed by atoms with Crippen LogP contribution in [0.4, 0.5) is 10.2 Å². The van der Waals surface area contributed by atoms with Crippen molar-refractivity contribution in [1.29, 1.82) is 0 Å². The number of halogens is 1. The monoisotopic (exact) mass is 439 g/mol. The third-order valence-electron chi connectivity index (χ3n) is 5.21. The van der Waals surface area contributed by atoms with Crippen molar-refractivity contribution in [2.45, 2.75) is 31.7 Å². The first-order valence-electron chi connectivity index (χ1n) is 9.93. The molecule has 2 aromatic heterocycles. The number of carbonyl (C=O) groups excluding carboxylic acids is 2. The van der Waals surface area contributed by atoms with Crippen molar-refractivity contribution in [2.75, 3.05) is 11.9 Å². The fourth-order valence-electron chi connectivity index (χ4n) is 3.73. The summed E-state index contributed by atoms with van der Waals surface area (Å²) in [7, 11) is 0. The SMILES string of the molecule is C[C@@H]1CC(=O)Nc2ncnc(-c3csc(C(=O)N[C@H](CN)Cc4cccc(F)c4)c3)c21. The van der Waals surface area contributed by atoms with Crippen molar-refractivity contribution in [3.05, 3.63) is 63.9 Å². The number of thiophene rings is 1. The first-order valence-corrected chi connectivity index (χ1v) is 10.8. The second kappa shape index (κ2) is 8.91. The number of hydrogen-bond donors (Lipinski definition) is 3. The van der Waals surface area contributed by atoms with Gasteiger partial charge in [-0.1, -0.05) is 19.1 Å². The molecule has 2 atom stereocenters. The third-order valence-corrected chi connectivity index (χ3v) is 6.14. The molecule has 3 aromatic rings. The van der Waals surface area contributed by atoms with Crippen LogP contribution in [0.1, 0.15) is 40.1 Å². The van der Waals surface area contributed by atoms with E-state index in [1.54, 1.807) is 18.2 Å². The van der Waals surface area contributed by atoms with Crippen LogP contribution in [-0.4, -0.2) is 34.4 Å². The summed E-state index contributed by atoms with van der Waals surface area (Å²) >= 11 is 1.31. The highest BCUT2D eigenvalue weighted by Crippen LogP contribution is 2.38. The van der Waals surface area contributed by atoms with Gasteiger partial charge >= 0.3 is 0 Å². The summed E-state index contributed by atoms with van der Waals surface area (Å²) in [6.07, 6.45) is 2.21. The topological polar surface area (TPSA) is 110 Å². The van der Waals surface area contributed by atoms with E-state index in [1.807, 2.05) is 12.3 Å². The molecule has 3 heterocycles. The third kappa shape index (κ3) is 4.62. The van der Waals surface area contributed by atoms with Gasteiger partial charge in [0, 0.05) is 35.5 Å². The molecule has 0 saturated carbocycles.